The fraction of sp³-hybridized carbons (Fsp3) is 0.524. The van der Waals surface area contributed by atoms with Crippen molar-refractivity contribution in [2.45, 2.75) is 29.2 Å². The van der Waals surface area contributed by atoms with E-state index < -0.39 is 31.0 Å². The largest absolute Gasteiger partial charge is 0.468 e. The lowest BCUT2D eigenvalue weighted by Crippen LogP contribution is -2.48. The third kappa shape index (κ3) is 5.04. The van der Waals surface area contributed by atoms with Gasteiger partial charge in [-0.25, -0.2) is 16.8 Å². The number of benzene rings is 1. The molecule has 0 amide bonds. The maximum atomic E-state index is 13.3. The van der Waals surface area contributed by atoms with Gasteiger partial charge >= 0.3 is 0 Å². The molecule has 31 heavy (non-hydrogen) atoms. The van der Waals surface area contributed by atoms with Gasteiger partial charge in [0.1, 0.15) is 5.76 Å². The maximum Gasteiger partial charge on any atom is 0.183 e. The molecule has 3 atom stereocenters. The first-order valence-corrected chi connectivity index (χ1v) is 13.7. The first-order valence-electron chi connectivity index (χ1n) is 10.4. The van der Waals surface area contributed by atoms with Gasteiger partial charge in [0.05, 0.1) is 47.2 Å². The fourth-order valence-electron chi connectivity index (χ4n) is 4.26. The minimum atomic E-state index is -3.80. The number of hydrogen-bond donors (Lipinski definition) is 1. The van der Waals surface area contributed by atoms with Gasteiger partial charge < -0.3 is 14.5 Å². The van der Waals surface area contributed by atoms with Crippen molar-refractivity contribution in [2.75, 3.05) is 44.4 Å². The van der Waals surface area contributed by atoms with Gasteiger partial charge in [-0.2, -0.15) is 0 Å². The molecule has 3 heterocycles. The fourth-order valence-corrected chi connectivity index (χ4v) is 8.97. The zero-order chi connectivity index (χ0) is 22.1. The number of hydrogen-bond acceptors (Lipinski definition) is 8. The van der Waals surface area contributed by atoms with E-state index in [0.717, 1.165) is 24.4 Å². The molecule has 0 bridgehead atoms. The van der Waals surface area contributed by atoms with Crippen LogP contribution in [0, 0.1) is 6.92 Å². The third-order valence-corrected chi connectivity index (χ3v) is 10.1. The van der Waals surface area contributed by atoms with Crippen LogP contribution in [0.25, 0.3) is 0 Å². The number of sulfone groups is 2. The predicted octanol–water partition coefficient (Wildman–Crippen LogP) is 1.19. The van der Waals surface area contributed by atoms with E-state index in [1.54, 1.807) is 30.5 Å². The number of nitrogens with zero attached hydrogens (tertiary/aromatic N) is 1. The average Bonchev–Trinajstić information content (AvgIpc) is 3.37. The molecule has 170 valence electrons. The molecular weight excluding hydrogens is 440 g/mol. The summed E-state index contributed by atoms with van der Waals surface area (Å²) in [7, 11) is -7.27. The summed E-state index contributed by atoms with van der Waals surface area (Å²) in [5.41, 5.74) is 0.944. The smallest absolute Gasteiger partial charge is 0.183 e. The van der Waals surface area contributed by atoms with E-state index in [1.165, 1.54) is 0 Å². The Bertz CT molecular complexity index is 1080. The van der Waals surface area contributed by atoms with E-state index >= 15 is 0 Å². The second-order valence-corrected chi connectivity index (χ2v) is 12.5. The minimum absolute atomic E-state index is 0.134. The molecule has 0 saturated carbocycles. The van der Waals surface area contributed by atoms with Crippen molar-refractivity contribution in [3.05, 3.63) is 54.0 Å². The Kier molecular flexibility index (Phi) is 6.55. The molecule has 1 aromatic carbocycles. The standard InChI is InChI=1S/C21H28N2O6S2/c1-16-4-6-17(7-5-16)31(26,27)21-15-30(24,25)14-18(21)22-13-19(20-3-2-10-29-20)23-8-11-28-12-9-23/h2-7,10,18-19,21-22H,8-9,11-15H2,1H3/t18-,19?,21-/m0/s1. The molecule has 1 N–H and O–H groups in total. The van der Waals surface area contributed by atoms with Crippen LogP contribution in [0.5, 0.6) is 0 Å². The Balaban J connectivity index is 1.55. The molecule has 8 nitrogen and oxygen atoms in total. The number of rotatable bonds is 7. The third-order valence-electron chi connectivity index (χ3n) is 5.98. The molecule has 2 aromatic rings. The highest BCUT2D eigenvalue weighted by atomic mass is 32.2. The molecule has 10 heteroatoms. The van der Waals surface area contributed by atoms with Crippen LogP contribution in [0.4, 0.5) is 0 Å². The van der Waals surface area contributed by atoms with Crippen LogP contribution in [0.1, 0.15) is 17.4 Å². The Morgan fingerprint density at radius 1 is 1.13 bits per heavy atom. The second kappa shape index (κ2) is 9.03. The SMILES string of the molecule is Cc1ccc(S(=O)(=O)[C@H]2CS(=O)(=O)C[C@@H]2NCC(c2ccco2)N2CCOCC2)cc1. The van der Waals surface area contributed by atoms with Crippen molar-refractivity contribution in [2.24, 2.45) is 0 Å². The summed E-state index contributed by atoms with van der Waals surface area (Å²) < 4.78 is 62.4. The van der Waals surface area contributed by atoms with Crippen LogP contribution in [-0.2, 0) is 24.4 Å². The lowest BCUT2D eigenvalue weighted by molar-refractivity contribution is 0.0113. The summed E-state index contributed by atoms with van der Waals surface area (Å²) in [6.45, 7) is 4.93. The first kappa shape index (κ1) is 22.5. The van der Waals surface area contributed by atoms with Crippen molar-refractivity contribution in [1.29, 1.82) is 0 Å². The summed E-state index contributed by atoms with van der Waals surface area (Å²) >= 11 is 0. The van der Waals surface area contributed by atoms with Gasteiger partial charge in [0.25, 0.3) is 0 Å². The van der Waals surface area contributed by atoms with Crippen LogP contribution in [0.15, 0.2) is 52.0 Å². The van der Waals surface area contributed by atoms with Gasteiger partial charge in [0.2, 0.25) is 0 Å². The van der Waals surface area contributed by atoms with Gasteiger partial charge in [-0.1, -0.05) is 17.7 Å². The van der Waals surface area contributed by atoms with Gasteiger partial charge in [0.15, 0.2) is 19.7 Å². The predicted molar refractivity (Wildman–Crippen MR) is 116 cm³/mol. The summed E-state index contributed by atoms with van der Waals surface area (Å²) in [5.74, 6) is 0.189. The summed E-state index contributed by atoms with van der Waals surface area (Å²) in [4.78, 5) is 2.37. The molecule has 2 aliphatic rings. The first-order chi connectivity index (χ1) is 14.8. The molecule has 0 radical (unpaired) electrons. The number of furan rings is 1. The van der Waals surface area contributed by atoms with E-state index in [4.69, 9.17) is 9.15 Å². The van der Waals surface area contributed by atoms with Crippen molar-refractivity contribution in [3.8, 4) is 0 Å². The van der Waals surface area contributed by atoms with E-state index in [2.05, 4.69) is 10.2 Å². The molecule has 2 saturated heterocycles. The molecule has 0 spiro atoms. The van der Waals surface area contributed by atoms with Gasteiger partial charge in [-0.05, 0) is 31.2 Å². The average molecular weight is 469 g/mol. The summed E-state index contributed by atoms with van der Waals surface area (Å²) in [6.07, 6.45) is 1.60. The highest BCUT2D eigenvalue weighted by molar-refractivity contribution is 7.96. The normalized spacial score (nSPS) is 25.5. The molecule has 2 fully saturated rings. The molecule has 1 aromatic heterocycles. The zero-order valence-corrected chi connectivity index (χ0v) is 19.1. The van der Waals surface area contributed by atoms with Crippen molar-refractivity contribution in [3.63, 3.8) is 0 Å². The van der Waals surface area contributed by atoms with Gasteiger partial charge in [-0.3, -0.25) is 4.90 Å². The van der Waals surface area contributed by atoms with Crippen LogP contribution in [0.3, 0.4) is 0 Å². The molecule has 0 aliphatic carbocycles. The summed E-state index contributed by atoms with van der Waals surface area (Å²) in [5, 5.41) is 2.23. The highest BCUT2D eigenvalue weighted by Crippen LogP contribution is 2.28. The van der Waals surface area contributed by atoms with Crippen LogP contribution in [-0.4, -0.2) is 77.4 Å². The lowest BCUT2D eigenvalue weighted by Gasteiger charge is -2.34. The van der Waals surface area contributed by atoms with Crippen molar-refractivity contribution >= 4 is 19.7 Å². The van der Waals surface area contributed by atoms with Gasteiger partial charge in [0, 0.05) is 25.7 Å². The Hall–Kier alpha value is -1.72. The molecular formula is C21H28N2O6S2. The number of morpholine rings is 1. The van der Waals surface area contributed by atoms with Crippen LogP contribution >= 0.6 is 0 Å². The second-order valence-electron chi connectivity index (χ2n) is 8.17. The van der Waals surface area contributed by atoms with E-state index in [9.17, 15) is 16.8 Å². The highest BCUT2D eigenvalue weighted by Gasteiger charge is 2.46. The van der Waals surface area contributed by atoms with Crippen molar-refractivity contribution < 1.29 is 26.0 Å². The monoisotopic (exact) mass is 468 g/mol. The Morgan fingerprint density at radius 3 is 2.48 bits per heavy atom. The minimum Gasteiger partial charge on any atom is -0.468 e. The van der Waals surface area contributed by atoms with E-state index in [0.29, 0.717) is 19.8 Å². The van der Waals surface area contributed by atoms with Crippen LogP contribution in [0.2, 0.25) is 0 Å². The molecule has 1 unspecified atom stereocenters. The van der Waals surface area contributed by atoms with Crippen LogP contribution < -0.4 is 5.32 Å². The number of nitrogens with one attached hydrogen (secondary N) is 1. The van der Waals surface area contributed by atoms with Gasteiger partial charge in [-0.15, -0.1) is 0 Å². The number of aryl methyl sites for hydroxylation is 1. The quantitative estimate of drug-likeness (QED) is 0.646. The van der Waals surface area contributed by atoms with Crippen molar-refractivity contribution in [1.82, 2.24) is 10.2 Å². The lowest BCUT2D eigenvalue weighted by atomic mass is 10.1. The van der Waals surface area contributed by atoms with E-state index in [1.807, 2.05) is 19.1 Å². The zero-order valence-electron chi connectivity index (χ0n) is 17.4. The topological polar surface area (TPSA) is 106 Å². The summed E-state index contributed by atoms with van der Waals surface area (Å²) in [6, 6.07) is 9.42. The Labute approximate surface area is 183 Å². The maximum absolute atomic E-state index is 13.3. The Morgan fingerprint density at radius 2 is 1.84 bits per heavy atom. The number of ether oxygens (including phenoxy) is 1. The van der Waals surface area contributed by atoms with E-state index in [-0.39, 0.29) is 22.4 Å². The molecule has 2 aliphatic heterocycles. The molecule has 4 rings (SSSR count).